The fourth-order valence-corrected chi connectivity index (χ4v) is 1.21. The van der Waals surface area contributed by atoms with Gasteiger partial charge in [0.2, 0.25) is 0 Å². The first-order valence-corrected chi connectivity index (χ1v) is 4.96. The van der Waals surface area contributed by atoms with E-state index in [4.69, 9.17) is 10.9 Å². The second-order valence-electron chi connectivity index (χ2n) is 3.40. The predicted octanol–water partition coefficient (Wildman–Crippen LogP) is 0.840. The third-order valence-electron chi connectivity index (χ3n) is 2.21. The first kappa shape index (κ1) is 12.2. The summed E-state index contributed by atoms with van der Waals surface area (Å²) < 4.78 is 0. The molecule has 86 valence electrons. The number of hydrogen-bond acceptors (Lipinski definition) is 4. The molecule has 0 bridgehead atoms. The molecule has 0 amide bonds. The molecular weight excluding hydrogens is 204 g/mol. The van der Waals surface area contributed by atoms with E-state index in [9.17, 15) is 0 Å². The Labute approximate surface area is 94.7 Å². The van der Waals surface area contributed by atoms with Crippen molar-refractivity contribution in [2.24, 2.45) is 10.9 Å². The molecule has 0 aliphatic carbocycles. The molecular formula is C11H16N4O. The van der Waals surface area contributed by atoms with Gasteiger partial charge < -0.3 is 16.3 Å². The lowest BCUT2D eigenvalue weighted by molar-refractivity contribution is 0.318. The van der Waals surface area contributed by atoms with E-state index >= 15 is 0 Å². The molecule has 0 aliphatic heterocycles. The van der Waals surface area contributed by atoms with Crippen molar-refractivity contribution < 1.29 is 5.21 Å². The summed E-state index contributed by atoms with van der Waals surface area (Å²) >= 11 is 0. The van der Waals surface area contributed by atoms with Gasteiger partial charge in [0.15, 0.2) is 5.84 Å². The van der Waals surface area contributed by atoms with Crippen molar-refractivity contribution in [2.45, 2.75) is 19.5 Å². The lowest BCUT2D eigenvalue weighted by Crippen LogP contribution is -2.26. The van der Waals surface area contributed by atoms with Gasteiger partial charge in [-0.15, -0.1) is 6.58 Å². The number of aromatic nitrogens is 1. The van der Waals surface area contributed by atoms with Crippen LogP contribution in [-0.4, -0.2) is 22.1 Å². The van der Waals surface area contributed by atoms with Crippen molar-refractivity contribution in [1.82, 2.24) is 10.3 Å². The number of amidine groups is 1. The van der Waals surface area contributed by atoms with Gasteiger partial charge in [-0.05, 0) is 18.6 Å². The van der Waals surface area contributed by atoms with Crippen LogP contribution in [0.2, 0.25) is 0 Å². The lowest BCUT2D eigenvalue weighted by Gasteiger charge is -2.11. The maximum atomic E-state index is 8.62. The van der Waals surface area contributed by atoms with Crippen molar-refractivity contribution >= 4 is 5.84 Å². The molecule has 0 saturated heterocycles. The van der Waals surface area contributed by atoms with Gasteiger partial charge >= 0.3 is 0 Å². The minimum absolute atomic E-state index is 0.0173. The molecule has 1 heterocycles. The Morgan fingerprint density at radius 1 is 1.81 bits per heavy atom. The molecule has 0 aromatic carbocycles. The topological polar surface area (TPSA) is 83.5 Å². The monoisotopic (exact) mass is 220 g/mol. The second kappa shape index (κ2) is 5.87. The molecule has 5 heteroatoms. The van der Waals surface area contributed by atoms with Crippen LogP contribution >= 0.6 is 0 Å². The summed E-state index contributed by atoms with van der Waals surface area (Å²) in [5.41, 5.74) is 6.90. The smallest absolute Gasteiger partial charge is 0.189 e. The number of oxime groups is 1. The summed E-state index contributed by atoms with van der Waals surface area (Å²) in [6.45, 7) is 6.26. The molecule has 16 heavy (non-hydrogen) atoms. The van der Waals surface area contributed by atoms with Gasteiger partial charge in [-0.25, -0.2) is 0 Å². The molecule has 1 aromatic heterocycles. The Hall–Kier alpha value is -1.88. The molecule has 5 nitrogen and oxygen atoms in total. The molecule has 4 N–H and O–H groups in total. The van der Waals surface area contributed by atoms with Crippen LogP contribution in [0.5, 0.6) is 0 Å². The molecule has 1 unspecified atom stereocenters. The van der Waals surface area contributed by atoms with Gasteiger partial charge in [0.05, 0.1) is 0 Å². The maximum Gasteiger partial charge on any atom is 0.189 e. The minimum Gasteiger partial charge on any atom is -0.409 e. The van der Waals surface area contributed by atoms with Gasteiger partial charge in [0.25, 0.3) is 0 Å². The Bertz CT molecular complexity index is 389. The van der Waals surface area contributed by atoms with Crippen LogP contribution in [-0.2, 0) is 6.54 Å². The first-order valence-electron chi connectivity index (χ1n) is 4.96. The van der Waals surface area contributed by atoms with Crippen LogP contribution in [0.4, 0.5) is 0 Å². The fraction of sp³-hybridized carbons (Fsp3) is 0.273. The summed E-state index contributed by atoms with van der Waals surface area (Å²) in [6.07, 6.45) is 3.41. The number of nitrogens with zero attached hydrogens (tertiary/aromatic N) is 2. The molecule has 0 fully saturated rings. The molecule has 1 atom stereocenters. The van der Waals surface area contributed by atoms with Crippen molar-refractivity contribution in [1.29, 1.82) is 0 Å². The van der Waals surface area contributed by atoms with E-state index in [1.807, 2.05) is 19.1 Å². The van der Waals surface area contributed by atoms with E-state index in [0.717, 1.165) is 5.56 Å². The highest BCUT2D eigenvalue weighted by Crippen LogP contribution is 2.05. The van der Waals surface area contributed by atoms with Crippen LogP contribution < -0.4 is 11.1 Å². The molecule has 0 spiro atoms. The highest BCUT2D eigenvalue weighted by atomic mass is 16.4. The standard InChI is InChI=1S/C11H16N4O/c1-3-8(2)14-7-9-5-4-6-13-10(9)11(12)15-16/h3-6,8,14,16H,1,7H2,2H3,(H2,12,15). The molecule has 1 rings (SSSR count). The number of nitrogens with two attached hydrogens (primary N) is 1. The highest BCUT2D eigenvalue weighted by molar-refractivity contribution is 5.96. The highest BCUT2D eigenvalue weighted by Gasteiger charge is 2.08. The van der Waals surface area contributed by atoms with Gasteiger partial charge in [0, 0.05) is 18.8 Å². The van der Waals surface area contributed by atoms with Crippen LogP contribution in [0.25, 0.3) is 0 Å². The quantitative estimate of drug-likeness (QED) is 0.226. The molecule has 0 radical (unpaired) electrons. The largest absolute Gasteiger partial charge is 0.409 e. The zero-order chi connectivity index (χ0) is 12.0. The summed E-state index contributed by atoms with van der Waals surface area (Å²) in [4.78, 5) is 4.07. The third kappa shape index (κ3) is 3.06. The first-order chi connectivity index (χ1) is 7.69. The number of rotatable bonds is 5. The minimum atomic E-state index is 0.0173. The van der Waals surface area contributed by atoms with E-state index in [2.05, 4.69) is 22.0 Å². The van der Waals surface area contributed by atoms with Gasteiger partial charge in [-0.2, -0.15) is 0 Å². The van der Waals surface area contributed by atoms with Gasteiger partial charge in [0.1, 0.15) is 5.69 Å². The summed E-state index contributed by atoms with van der Waals surface area (Å²) in [5, 5.41) is 14.8. The van der Waals surface area contributed by atoms with Crippen molar-refractivity contribution in [3.63, 3.8) is 0 Å². The number of nitrogens with one attached hydrogen (secondary N) is 1. The fourth-order valence-electron chi connectivity index (χ4n) is 1.21. The summed E-state index contributed by atoms with van der Waals surface area (Å²) in [7, 11) is 0. The summed E-state index contributed by atoms with van der Waals surface area (Å²) in [5.74, 6) is 0.0173. The number of pyridine rings is 1. The van der Waals surface area contributed by atoms with Crippen LogP contribution in [0.1, 0.15) is 18.2 Å². The average Bonchev–Trinajstić information content (AvgIpc) is 2.35. The van der Waals surface area contributed by atoms with E-state index in [0.29, 0.717) is 12.2 Å². The normalized spacial score (nSPS) is 13.4. The van der Waals surface area contributed by atoms with Gasteiger partial charge in [-0.1, -0.05) is 17.3 Å². The molecule has 0 saturated carbocycles. The number of hydrogen-bond donors (Lipinski definition) is 3. The maximum absolute atomic E-state index is 8.62. The van der Waals surface area contributed by atoms with E-state index in [1.54, 1.807) is 12.3 Å². The van der Waals surface area contributed by atoms with Crippen LogP contribution in [0.15, 0.2) is 36.1 Å². The van der Waals surface area contributed by atoms with E-state index in [1.165, 1.54) is 0 Å². The summed E-state index contributed by atoms with van der Waals surface area (Å²) in [6, 6.07) is 3.88. The SMILES string of the molecule is C=CC(C)NCc1cccnc1/C(N)=N/O. The zero-order valence-corrected chi connectivity index (χ0v) is 9.22. The van der Waals surface area contributed by atoms with Crippen LogP contribution in [0.3, 0.4) is 0 Å². The van der Waals surface area contributed by atoms with Crippen molar-refractivity contribution in [2.75, 3.05) is 0 Å². The zero-order valence-electron chi connectivity index (χ0n) is 9.22. The average molecular weight is 220 g/mol. The van der Waals surface area contributed by atoms with Gasteiger partial charge in [-0.3, -0.25) is 4.98 Å². The van der Waals surface area contributed by atoms with E-state index in [-0.39, 0.29) is 11.9 Å². The van der Waals surface area contributed by atoms with Crippen molar-refractivity contribution in [3.05, 3.63) is 42.2 Å². The van der Waals surface area contributed by atoms with E-state index < -0.39 is 0 Å². The predicted molar refractivity (Wildman–Crippen MR) is 63.2 cm³/mol. The van der Waals surface area contributed by atoms with Crippen LogP contribution in [0, 0.1) is 0 Å². The Balaban J connectivity index is 2.83. The third-order valence-corrected chi connectivity index (χ3v) is 2.21. The Morgan fingerprint density at radius 3 is 3.19 bits per heavy atom. The lowest BCUT2D eigenvalue weighted by atomic mass is 10.1. The Morgan fingerprint density at radius 2 is 2.56 bits per heavy atom. The Kier molecular flexibility index (Phi) is 4.47. The van der Waals surface area contributed by atoms with Crippen molar-refractivity contribution in [3.8, 4) is 0 Å². The molecule has 0 aliphatic rings. The molecule has 1 aromatic rings. The second-order valence-corrected chi connectivity index (χ2v) is 3.40.